The van der Waals surface area contributed by atoms with Crippen LogP contribution in [0.4, 0.5) is 5.69 Å². The third-order valence-electron chi connectivity index (χ3n) is 3.49. The lowest BCUT2D eigenvalue weighted by Crippen LogP contribution is -2.44. The first kappa shape index (κ1) is 17.8. The predicted molar refractivity (Wildman–Crippen MR) is 108 cm³/mol. The average Bonchev–Trinajstić information content (AvgIpc) is 2.69. The van der Waals surface area contributed by atoms with Gasteiger partial charge < -0.3 is 5.32 Å². The van der Waals surface area contributed by atoms with Crippen molar-refractivity contribution in [1.29, 1.82) is 0 Å². The van der Waals surface area contributed by atoms with E-state index in [1.54, 1.807) is 36.5 Å². The Morgan fingerprint density at radius 3 is 2.38 bits per heavy atom. The molecule has 0 atom stereocenters. The number of thiocarbonyl (C=S) groups is 1. The lowest BCUT2D eigenvalue weighted by molar-refractivity contribution is 0.0939. The van der Waals surface area contributed by atoms with Crippen LogP contribution in [0.2, 0.25) is 5.02 Å². The zero-order valence-electron chi connectivity index (χ0n) is 13.6. The summed E-state index contributed by atoms with van der Waals surface area (Å²) in [7, 11) is 0. The fraction of sp³-hybridized carbons (Fsp3) is 0. The number of rotatable bonds is 3. The van der Waals surface area contributed by atoms with Crippen molar-refractivity contribution in [2.24, 2.45) is 0 Å². The minimum absolute atomic E-state index is 0.250. The van der Waals surface area contributed by atoms with Crippen molar-refractivity contribution >= 4 is 40.5 Å². The molecule has 0 saturated carbocycles. The van der Waals surface area contributed by atoms with Crippen LogP contribution < -0.4 is 16.2 Å². The summed E-state index contributed by atoms with van der Waals surface area (Å²) in [6, 6.07) is 20.4. The first-order valence-electron chi connectivity index (χ1n) is 7.76. The van der Waals surface area contributed by atoms with E-state index < -0.39 is 0 Å². The van der Waals surface area contributed by atoms with E-state index in [-0.39, 0.29) is 16.7 Å². The highest BCUT2D eigenvalue weighted by atomic mass is 35.5. The highest BCUT2D eigenvalue weighted by Crippen LogP contribution is 2.18. The number of nitrogens with zero attached hydrogens (tertiary/aromatic N) is 1. The molecule has 0 aliphatic rings. The number of hydrogen-bond acceptors (Lipinski definition) is 3. The van der Waals surface area contributed by atoms with Crippen LogP contribution in [0.5, 0.6) is 0 Å². The van der Waals surface area contributed by atoms with Crippen molar-refractivity contribution in [2.45, 2.75) is 0 Å². The Balaban J connectivity index is 1.60. The Hall–Kier alpha value is -2.96. The molecule has 0 aliphatic heterocycles. The normalized spacial score (nSPS) is 10.0. The van der Waals surface area contributed by atoms with Gasteiger partial charge in [0.1, 0.15) is 5.69 Å². The molecule has 0 radical (unpaired) electrons. The van der Waals surface area contributed by atoms with E-state index in [1.165, 1.54) is 0 Å². The number of anilines is 1. The Morgan fingerprint density at radius 1 is 0.923 bits per heavy atom. The molecular formula is C19H15ClN4OS. The summed E-state index contributed by atoms with van der Waals surface area (Å²) >= 11 is 11.0. The van der Waals surface area contributed by atoms with E-state index in [2.05, 4.69) is 21.2 Å². The highest BCUT2D eigenvalue weighted by Gasteiger charge is 2.09. The van der Waals surface area contributed by atoms with E-state index in [0.717, 1.165) is 16.8 Å². The summed E-state index contributed by atoms with van der Waals surface area (Å²) in [4.78, 5) is 16.4. The van der Waals surface area contributed by atoms with Gasteiger partial charge in [-0.2, -0.15) is 0 Å². The molecule has 1 heterocycles. The molecule has 0 spiro atoms. The van der Waals surface area contributed by atoms with Gasteiger partial charge in [-0.05, 0) is 59.7 Å². The summed E-state index contributed by atoms with van der Waals surface area (Å²) in [5, 5.41) is 3.82. The summed E-state index contributed by atoms with van der Waals surface area (Å²) < 4.78 is 0. The number of nitrogens with one attached hydrogen (secondary N) is 3. The third kappa shape index (κ3) is 4.78. The average molecular weight is 383 g/mol. The van der Waals surface area contributed by atoms with Gasteiger partial charge in [0.15, 0.2) is 5.11 Å². The Morgan fingerprint density at radius 2 is 1.65 bits per heavy atom. The smallest absolute Gasteiger partial charge is 0.288 e. The molecule has 130 valence electrons. The van der Waals surface area contributed by atoms with Gasteiger partial charge in [0.2, 0.25) is 0 Å². The Bertz CT molecular complexity index is 916. The van der Waals surface area contributed by atoms with Gasteiger partial charge in [0.25, 0.3) is 5.91 Å². The second-order valence-corrected chi connectivity index (χ2v) is 6.18. The summed E-state index contributed by atoms with van der Waals surface area (Å²) in [6.45, 7) is 0. The molecule has 0 fully saturated rings. The third-order valence-corrected chi connectivity index (χ3v) is 3.95. The quantitative estimate of drug-likeness (QED) is 0.471. The van der Waals surface area contributed by atoms with Crippen LogP contribution in [-0.2, 0) is 0 Å². The van der Waals surface area contributed by atoms with Gasteiger partial charge in [0, 0.05) is 16.9 Å². The molecule has 1 amide bonds. The molecule has 3 aromatic rings. The molecule has 0 bridgehead atoms. The van der Waals surface area contributed by atoms with Gasteiger partial charge in [0.05, 0.1) is 0 Å². The van der Waals surface area contributed by atoms with E-state index in [1.807, 2.05) is 36.4 Å². The molecule has 7 heteroatoms. The number of benzene rings is 2. The molecule has 0 unspecified atom stereocenters. The van der Waals surface area contributed by atoms with Gasteiger partial charge in [-0.25, -0.2) is 0 Å². The molecule has 0 aliphatic carbocycles. The van der Waals surface area contributed by atoms with Crippen molar-refractivity contribution in [1.82, 2.24) is 15.8 Å². The van der Waals surface area contributed by atoms with Gasteiger partial charge in [-0.1, -0.05) is 41.9 Å². The zero-order chi connectivity index (χ0) is 18.4. The van der Waals surface area contributed by atoms with Crippen LogP contribution in [0.15, 0.2) is 72.9 Å². The summed E-state index contributed by atoms with van der Waals surface area (Å²) in [6.07, 6.45) is 1.60. The van der Waals surface area contributed by atoms with Crippen molar-refractivity contribution in [3.63, 3.8) is 0 Å². The van der Waals surface area contributed by atoms with E-state index >= 15 is 0 Å². The number of hydrazine groups is 1. The van der Waals surface area contributed by atoms with Crippen LogP contribution in [0.3, 0.4) is 0 Å². The van der Waals surface area contributed by atoms with Crippen LogP contribution in [0, 0.1) is 0 Å². The monoisotopic (exact) mass is 382 g/mol. The van der Waals surface area contributed by atoms with Gasteiger partial charge in [-0.15, -0.1) is 0 Å². The first-order valence-corrected chi connectivity index (χ1v) is 8.55. The number of aromatic nitrogens is 1. The molecule has 0 saturated heterocycles. The van der Waals surface area contributed by atoms with Crippen LogP contribution >= 0.6 is 23.8 Å². The molecule has 5 nitrogen and oxygen atoms in total. The van der Waals surface area contributed by atoms with Crippen molar-refractivity contribution < 1.29 is 4.79 Å². The molecular weight excluding hydrogens is 368 g/mol. The second kappa shape index (κ2) is 8.42. The Labute approximate surface area is 161 Å². The maximum absolute atomic E-state index is 12.3. The van der Waals surface area contributed by atoms with E-state index in [4.69, 9.17) is 23.8 Å². The Kier molecular flexibility index (Phi) is 5.78. The van der Waals surface area contributed by atoms with Crippen LogP contribution in [-0.4, -0.2) is 16.0 Å². The van der Waals surface area contributed by atoms with Crippen LogP contribution in [0.25, 0.3) is 11.1 Å². The van der Waals surface area contributed by atoms with Crippen LogP contribution in [0.1, 0.15) is 10.5 Å². The predicted octanol–water partition coefficient (Wildman–Crippen LogP) is 4.03. The fourth-order valence-corrected chi connectivity index (χ4v) is 2.53. The number of amides is 1. The number of carbonyl (C=O) groups excluding carboxylic acids is 1. The van der Waals surface area contributed by atoms with E-state index in [0.29, 0.717) is 5.02 Å². The maximum atomic E-state index is 12.3. The fourth-order valence-electron chi connectivity index (χ4n) is 2.24. The minimum atomic E-state index is -0.386. The molecule has 3 rings (SSSR count). The van der Waals surface area contributed by atoms with Crippen molar-refractivity contribution in [2.75, 3.05) is 5.32 Å². The SMILES string of the molecule is O=C(NNC(=S)Nc1ccc(Cl)cc1)c1cc(-c2ccccc2)ccn1. The lowest BCUT2D eigenvalue weighted by Gasteiger charge is -2.11. The molecule has 2 aromatic carbocycles. The second-order valence-electron chi connectivity index (χ2n) is 5.34. The summed E-state index contributed by atoms with van der Waals surface area (Å²) in [5.74, 6) is -0.386. The maximum Gasteiger partial charge on any atom is 0.288 e. The number of carbonyl (C=O) groups is 1. The zero-order valence-corrected chi connectivity index (χ0v) is 15.1. The molecule has 3 N–H and O–H groups in total. The first-order chi connectivity index (χ1) is 12.6. The molecule has 26 heavy (non-hydrogen) atoms. The van der Waals surface area contributed by atoms with Crippen molar-refractivity contribution in [3.8, 4) is 11.1 Å². The highest BCUT2D eigenvalue weighted by molar-refractivity contribution is 7.80. The number of hydrogen-bond donors (Lipinski definition) is 3. The topological polar surface area (TPSA) is 66.1 Å². The number of pyridine rings is 1. The van der Waals surface area contributed by atoms with Gasteiger partial charge in [-0.3, -0.25) is 20.6 Å². The number of halogens is 1. The van der Waals surface area contributed by atoms with Gasteiger partial charge >= 0.3 is 0 Å². The minimum Gasteiger partial charge on any atom is -0.331 e. The summed E-state index contributed by atoms with van der Waals surface area (Å²) in [5.41, 5.74) is 8.14. The standard InChI is InChI=1S/C19H15ClN4OS/c20-15-6-8-16(9-7-15)22-19(26)24-23-18(25)17-12-14(10-11-21-17)13-4-2-1-3-5-13/h1-12H,(H,23,25)(H2,22,24,26). The lowest BCUT2D eigenvalue weighted by atomic mass is 10.1. The van der Waals surface area contributed by atoms with E-state index in [9.17, 15) is 4.79 Å². The molecule has 1 aromatic heterocycles. The largest absolute Gasteiger partial charge is 0.331 e. The van der Waals surface area contributed by atoms with Crippen molar-refractivity contribution in [3.05, 3.63) is 83.6 Å².